The predicted octanol–water partition coefficient (Wildman–Crippen LogP) is 3.58. The van der Waals surface area contributed by atoms with Gasteiger partial charge in [0, 0.05) is 35.2 Å². The lowest BCUT2D eigenvalue weighted by atomic mass is 10.0. The minimum absolute atomic E-state index is 0.0807. The van der Waals surface area contributed by atoms with Crippen LogP contribution in [0, 0.1) is 10.1 Å². The predicted molar refractivity (Wildman–Crippen MR) is 122 cm³/mol. The highest BCUT2D eigenvalue weighted by Gasteiger charge is 2.35. The second-order valence-corrected chi connectivity index (χ2v) is 8.13. The molecule has 2 aliphatic rings. The van der Waals surface area contributed by atoms with Crippen LogP contribution in [-0.4, -0.2) is 46.6 Å². The second kappa shape index (κ2) is 8.00. The van der Waals surface area contributed by atoms with E-state index in [9.17, 15) is 19.7 Å². The third-order valence-corrected chi connectivity index (χ3v) is 6.46. The fraction of sp³-hybridized carbons (Fsp3) is 0.333. The molecule has 1 aliphatic carbocycles. The monoisotopic (exact) mass is 449 g/mol. The SMILES string of the molecule is CCN(CC)CCCn1c2c(c3ccc([N+](=O)[O-])cc3c1=O)C(=O)c1cc3c(cc1-2)OCO3. The summed E-state index contributed by atoms with van der Waals surface area (Å²) >= 11 is 0. The van der Waals surface area contributed by atoms with E-state index in [1.165, 1.54) is 18.2 Å². The quantitative estimate of drug-likeness (QED) is 0.314. The van der Waals surface area contributed by atoms with E-state index in [-0.39, 0.29) is 29.2 Å². The number of carbonyl (C=O) groups is 1. The number of nitro groups is 1. The number of hydrogen-bond acceptors (Lipinski definition) is 7. The molecule has 9 heteroatoms. The van der Waals surface area contributed by atoms with E-state index in [0.29, 0.717) is 52.2 Å². The zero-order valence-electron chi connectivity index (χ0n) is 18.4. The summed E-state index contributed by atoms with van der Waals surface area (Å²) in [5, 5.41) is 11.9. The second-order valence-electron chi connectivity index (χ2n) is 8.13. The summed E-state index contributed by atoms with van der Waals surface area (Å²) in [4.78, 5) is 40.2. The van der Waals surface area contributed by atoms with Crippen LogP contribution in [0.3, 0.4) is 0 Å². The Kier molecular flexibility index (Phi) is 5.13. The minimum Gasteiger partial charge on any atom is -0.454 e. The van der Waals surface area contributed by atoms with Crippen LogP contribution in [0.2, 0.25) is 0 Å². The number of hydrogen-bond donors (Lipinski definition) is 0. The van der Waals surface area contributed by atoms with Gasteiger partial charge in [-0.15, -0.1) is 0 Å². The number of nitrogens with zero attached hydrogens (tertiary/aromatic N) is 3. The summed E-state index contributed by atoms with van der Waals surface area (Å²) in [5.74, 6) is 0.792. The molecule has 2 aromatic carbocycles. The molecule has 170 valence electrons. The Bertz CT molecular complexity index is 1370. The van der Waals surface area contributed by atoms with E-state index >= 15 is 0 Å². The summed E-state index contributed by atoms with van der Waals surface area (Å²) in [7, 11) is 0. The Morgan fingerprint density at radius 2 is 1.73 bits per heavy atom. The molecule has 9 nitrogen and oxygen atoms in total. The minimum atomic E-state index is -0.535. The summed E-state index contributed by atoms with van der Waals surface area (Å²) in [5.41, 5.74) is 1.47. The molecule has 0 radical (unpaired) electrons. The molecule has 0 amide bonds. The molecule has 5 rings (SSSR count). The van der Waals surface area contributed by atoms with Gasteiger partial charge in [-0.3, -0.25) is 19.7 Å². The Morgan fingerprint density at radius 1 is 1.03 bits per heavy atom. The van der Waals surface area contributed by atoms with E-state index in [1.54, 1.807) is 16.7 Å². The highest BCUT2D eigenvalue weighted by molar-refractivity contribution is 6.27. The van der Waals surface area contributed by atoms with Gasteiger partial charge in [0.2, 0.25) is 6.79 Å². The molecule has 0 fully saturated rings. The average Bonchev–Trinajstić information content (AvgIpc) is 3.39. The molecular weight excluding hydrogens is 426 g/mol. The number of non-ortho nitro benzene ring substituents is 1. The molecule has 0 saturated carbocycles. The molecule has 1 aliphatic heterocycles. The fourth-order valence-corrected chi connectivity index (χ4v) is 4.73. The standard InChI is InChI=1S/C24H23N3O6/c1-3-25(4-2)8-5-9-26-22-16-11-19-20(33-13-32-19)12-17(16)23(28)21(22)15-7-6-14(27(30)31)10-18(15)24(26)29/h6-7,10-12H,3-5,8-9,13H2,1-2H3. The number of benzene rings is 2. The van der Waals surface area contributed by atoms with Gasteiger partial charge in [-0.05, 0) is 44.3 Å². The Hall–Kier alpha value is -3.72. The number of fused-ring (bicyclic) bond motifs is 6. The van der Waals surface area contributed by atoms with E-state index in [0.717, 1.165) is 19.6 Å². The molecule has 33 heavy (non-hydrogen) atoms. The maximum atomic E-state index is 13.6. The van der Waals surface area contributed by atoms with E-state index in [1.807, 2.05) is 0 Å². The first kappa shape index (κ1) is 21.1. The van der Waals surface area contributed by atoms with Crippen molar-refractivity contribution in [3.63, 3.8) is 0 Å². The third-order valence-electron chi connectivity index (χ3n) is 6.46. The normalized spacial score (nSPS) is 13.6. The largest absolute Gasteiger partial charge is 0.454 e. The Morgan fingerprint density at radius 3 is 2.39 bits per heavy atom. The van der Waals surface area contributed by atoms with Crippen LogP contribution in [0.25, 0.3) is 22.0 Å². The van der Waals surface area contributed by atoms with Crippen molar-refractivity contribution >= 4 is 22.2 Å². The topological polar surface area (TPSA) is 104 Å². The molecular formula is C24H23N3O6. The Balaban J connectivity index is 1.73. The molecule has 0 atom stereocenters. The smallest absolute Gasteiger partial charge is 0.270 e. The van der Waals surface area contributed by atoms with Gasteiger partial charge in [0.05, 0.1) is 21.6 Å². The van der Waals surface area contributed by atoms with E-state index < -0.39 is 4.92 Å². The van der Waals surface area contributed by atoms with Gasteiger partial charge < -0.3 is 18.9 Å². The van der Waals surface area contributed by atoms with Crippen LogP contribution in [0.4, 0.5) is 5.69 Å². The summed E-state index contributed by atoms with van der Waals surface area (Å²) in [6, 6.07) is 7.50. The highest BCUT2D eigenvalue weighted by Crippen LogP contribution is 2.46. The van der Waals surface area contributed by atoms with Crippen LogP contribution in [0.1, 0.15) is 36.2 Å². The molecule has 0 saturated heterocycles. The number of ether oxygens (including phenoxy) is 2. The number of carbonyl (C=O) groups excluding carboxylic acids is 1. The van der Waals surface area contributed by atoms with Crippen molar-refractivity contribution < 1.29 is 19.2 Å². The molecule has 0 N–H and O–H groups in total. The maximum absolute atomic E-state index is 13.6. The van der Waals surface area contributed by atoms with Gasteiger partial charge in [0.25, 0.3) is 11.2 Å². The van der Waals surface area contributed by atoms with E-state index in [4.69, 9.17) is 9.47 Å². The van der Waals surface area contributed by atoms with Gasteiger partial charge in [0.1, 0.15) is 0 Å². The molecule has 2 heterocycles. The van der Waals surface area contributed by atoms with Gasteiger partial charge in [-0.1, -0.05) is 13.8 Å². The molecule has 0 bridgehead atoms. The van der Waals surface area contributed by atoms with Crippen LogP contribution in [-0.2, 0) is 6.54 Å². The van der Waals surface area contributed by atoms with Crippen LogP contribution in [0.15, 0.2) is 35.1 Å². The first-order chi connectivity index (χ1) is 15.9. The zero-order chi connectivity index (χ0) is 23.3. The lowest BCUT2D eigenvalue weighted by molar-refractivity contribution is -0.384. The first-order valence-corrected chi connectivity index (χ1v) is 11.0. The van der Waals surface area contributed by atoms with Crippen molar-refractivity contribution in [2.75, 3.05) is 26.4 Å². The number of pyridine rings is 1. The van der Waals surface area contributed by atoms with Gasteiger partial charge >= 0.3 is 0 Å². The summed E-state index contributed by atoms with van der Waals surface area (Å²) < 4.78 is 12.6. The highest BCUT2D eigenvalue weighted by atomic mass is 16.7. The molecule has 0 spiro atoms. The van der Waals surface area contributed by atoms with Crippen LogP contribution >= 0.6 is 0 Å². The zero-order valence-corrected chi connectivity index (χ0v) is 18.4. The number of aromatic nitrogens is 1. The van der Waals surface area contributed by atoms with Gasteiger partial charge in [-0.2, -0.15) is 0 Å². The lowest BCUT2D eigenvalue weighted by Gasteiger charge is -2.19. The lowest BCUT2D eigenvalue weighted by Crippen LogP contribution is -2.28. The van der Waals surface area contributed by atoms with Crippen molar-refractivity contribution in [2.45, 2.75) is 26.8 Å². The van der Waals surface area contributed by atoms with Crippen molar-refractivity contribution in [3.05, 3.63) is 61.9 Å². The van der Waals surface area contributed by atoms with Gasteiger partial charge in [-0.25, -0.2) is 0 Å². The Labute approximate surface area is 189 Å². The summed E-state index contributed by atoms with van der Waals surface area (Å²) in [6.07, 6.45) is 0.697. The number of rotatable bonds is 7. The molecule has 0 unspecified atom stereocenters. The maximum Gasteiger partial charge on any atom is 0.270 e. The molecule has 1 aromatic heterocycles. The van der Waals surface area contributed by atoms with Crippen LogP contribution in [0.5, 0.6) is 11.5 Å². The van der Waals surface area contributed by atoms with Crippen molar-refractivity contribution in [2.24, 2.45) is 0 Å². The average molecular weight is 449 g/mol. The van der Waals surface area contributed by atoms with Crippen LogP contribution < -0.4 is 15.0 Å². The fourth-order valence-electron chi connectivity index (χ4n) is 4.73. The van der Waals surface area contributed by atoms with Gasteiger partial charge in [0.15, 0.2) is 17.3 Å². The molecule has 3 aromatic rings. The van der Waals surface area contributed by atoms with Crippen molar-refractivity contribution in [3.8, 4) is 22.8 Å². The third kappa shape index (κ3) is 3.27. The number of ketones is 1. The van der Waals surface area contributed by atoms with Crippen molar-refractivity contribution in [1.82, 2.24) is 9.47 Å². The van der Waals surface area contributed by atoms with Crippen molar-refractivity contribution in [1.29, 1.82) is 0 Å². The first-order valence-electron chi connectivity index (χ1n) is 11.0. The summed E-state index contributed by atoms with van der Waals surface area (Å²) in [6.45, 7) is 7.23. The number of nitro benzene ring substituents is 1. The van der Waals surface area contributed by atoms with E-state index in [2.05, 4.69) is 18.7 Å².